The highest BCUT2D eigenvalue weighted by atomic mass is 15.1. The Labute approximate surface area is 123 Å². The van der Waals surface area contributed by atoms with Gasteiger partial charge in [0.1, 0.15) is 0 Å². The van der Waals surface area contributed by atoms with Gasteiger partial charge in [0.15, 0.2) is 0 Å². The Hall–Kier alpha value is -0.930. The average molecular weight is 275 g/mol. The van der Waals surface area contributed by atoms with Gasteiger partial charge in [-0.3, -0.25) is 9.88 Å². The maximum atomic E-state index is 4.78. The Morgan fingerprint density at radius 2 is 1.95 bits per heavy atom. The van der Waals surface area contributed by atoms with Crippen molar-refractivity contribution >= 4 is 0 Å². The molecule has 1 saturated heterocycles. The first-order valence-electron chi connectivity index (χ1n) is 8.01. The third-order valence-corrected chi connectivity index (χ3v) is 3.98. The van der Waals surface area contributed by atoms with Crippen LogP contribution < -0.4 is 5.32 Å². The topological polar surface area (TPSA) is 28.2 Å². The Bertz CT molecular complexity index is 395. The number of nitrogens with zero attached hydrogens (tertiary/aromatic N) is 2. The number of hydrogen-bond donors (Lipinski definition) is 1. The van der Waals surface area contributed by atoms with Crippen molar-refractivity contribution in [2.24, 2.45) is 11.8 Å². The second-order valence-electron chi connectivity index (χ2n) is 6.60. The van der Waals surface area contributed by atoms with E-state index < -0.39 is 0 Å². The molecule has 0 unspecified atom stereocenters. The minimum Gasteiger partial charge on any atom is -0.311 e. The van der Waals surface area contributed by atoms with Crippen molar-refractivity contribution in [1.82, 2.24) is 15.2 Å². The first-order valence-corrected chi connectivity index (χ1v) is 8.01. The fourth-order valence-electron chi connectivity index (χ4n) is 2.65. The third kappa shape index (κ3) is 5.22. The molecule has 3 heteroatoms. The van der Waals surface area contributed by atoms with Gasteiger partial charge in [-0.15, -0.1) is 0 Å². The van der Waals surface area contributed by atoms with Gasteiger partial charge in [0, 0.05) is 13.1 Å². The molecule has 20 heavy (non-hydrogen) atoms. The monoisotopic (exact) mass is 275 g/mol. The molecule has 1 aliphatic rings. The fraction of sp³-hybridized carbons (Fsp3) is 0.706. The van der Waals surface area contributed by atoms with Crippen molar-refractivity contribution in [3.05, 3.63) is 29.6 Å². The number of rotatable bonds is 6. The maximum absolute atomic E-state index is 4.78. The summed E-state index contributed by atoms with van der Waals surface area (Å²) in [6.45, 7) is 12.2. The lowest BCUT2D eigenvalue weighted by atomic mass is 9.99. The minimum absolute atomic E-state index is 0.688. The van der Waals surface area contributed by atoms with Gasteiger partial charge in [-0.1, -0.05) is 26.8 Å². The van der Waals surface area contributed by atoms with Crippen LogP contribution in [0.2, 0.25) is 0 Å². The SMILES string of the molecule is CC(C)CNCc1cccc(CN2CCC(C)CC2)n1. The smallest absolute Gasteiger partial charge is 0.0547 e. The molecule has 0 amide bonds. The molecule has 0 spiro atoms. The number of aromatic nitrogens is 1. The first-order chi connectivity index (χ1) is 9.63. The molecule has 1 aromatic heterocycles. The highest BCUT2D eigenvalue weighted by Gasteiger charge is 2.16. The number of piperidine rings is 1. The van der Waals surface area contributed by atoms with Crippen LogP contribution in [0.5, 0.6) is 0 Å². The minimum atomic E-state index is 0.688. The molecule has 3 nitrogen and oxygen atoms in total. The predicted octanol–water partition coefficient (Wildman–Crippen LogP) is 3.06. The molecule has 2 heterocycles. The highest BCUT2D eigenvalue weighted by molar-refractivity contribution is 5.11. The van der Waals surface area contributed by atoms with E-state index in [1.165, 1.54) is 31.6 Å². The van der Waals surface area contributed by atoms with Crippen LogP contribution >= 0.6 is 0 Å². The number of pyridine rings is 1. The number of nitrogens with one attached hydrogen (secondary N) is 1. The third-order valence-electron chi connectivity index (χ3n) is 3.98. The molecular weight excluding hydrogens is 246 g/mol. The van der Waals surface area contributed by atoms with Gasteiger partial charge in [-0.2, -0.15) is 0 Å². The van der Waals surface area contributed by atoms with Crippen molar-refractivity contribution in [2.75, 3.05) is 19.6 Å². The molecule has 2 rings (SSSR count). The molecule has 0 atom stereocenters. The Morgan fingerprint density at radius 3 is 2.65 bits per heavy atom. The van der Waals surface area contributed by atoms with E-state index in [4.69, 9.17) is 4.98 Å². The van der Waals surface area contributed by atoms with E-state index in [9.17, 15) is 0 Å². The van der Waals surface area contributed by atoms with E-state index in [-0.39, 0.29) is 0 Å². The van der Waals surface area contributed by atoms with E-state index in [1.54, 1.807) is 0 Å². The fourth-order valence-corrected chi connectivity index (χ4v) is 2.65. The lowest BCUT2D eigenvalue weighted by Gasteiger charge is -2.29. The van der Waals surface area contributed by atoms with E-state index in [1.807, 2.05) is 0 Å². The lowest BCUT2D eigenvalue weighted by Crippen LogP contribution is -2.32. The molecule has 1 fully saturated rings. The van der Waals surface area contributed by atoms with Gasteiger partial charge in [0.05, 0.1) is 11.4 Å². The number of hydrogen-bond acceptors (Lipinski definition) is 3. The standard InChI is InChI=1S/C17H29N3/c1-14(2)11-18-12-16-5-4-6-17(19-16)13-20-9-7-15(3)8-10-20/h4-6,14-15,18H,7-13H2,1-3H3. The van der Waals surface area contributed by atoms with E-state index in [2.05, 4.69) is 49.2 Å². The Kier molecular flexibility index (Phi) is 5.99. The van der Waals surface area contributed by atoms with E-state index >= 15 is 0 Å². The molecule has 1 aromatic rings. The zero-order chi connectivity index (χ0) is 14.4. The second kappa shape index (κ2) is 7.75. The zero-order valence-corrected chi connectivity index (χ0v) is 13.2. The van der Waals surface area contributed by atoms with Crippen molar-refractivity contribution in [3.63, 3.8) is 0 Å². The van der Waals surface area contributed by atoms with Crippen molar-refractivity contribution < 1.29 is 0 Å². The largest absolute Gasteiger partial charge is 0.311 e. The van der Waals surface area contributed by atoms with E-state index in [0.717, 1.165) is 31.2 Å². The van der Waals surface area contributed by atoms with Gasteiger partial charge < -0.3 is 5.32 Å². The molecule has 1 aliphatic heterocycles. The van der Waals surface area contributed by atoms with Gasteiger partial charge in [0.25, 0.3) is 0 Å². The maximum Gasteiger partial charge on any atom is 0.0547 e. The van der Waals surface area contributed by atoms with Crippen LogP contribution in [0.3, 0.4) is 0 Å². The van der Waals surface area contributed by atoms with Gasteiger partial charge in [-0.25, -0.2) is 0 Å². The molecule has 112 valence electrons. The summed E-state index contributed by atoms with van der Waals surface area (Å²) >= 11 is 0. The Morgan fingerprint density at radius 1 is 1.25 bits per heavy atom. The van der Waals surface area contributed by atoms with E-state index in [0.29, 0.717) is 5.92 Å². The average Bonchev–Trinajstić information content (AvgIpc) is 2.41. The highest BCUT2D eigenvalue weighted by Crippen LogP contribution is 2.17. The summed E-state index contributed by atoms with van der Waals surface area (Å²) in [6.07, 6.45) is 2.66. The van der Waals surface area contributed by atoms with Crippen LogP contribution in [0.15, 0.2) is 18.2 Å². The van der Waals surface area contributed by atoms with Crippen LogP contribution in [0.25, 0.3) is 0 Å². The van der Waals surface area contributed by atoms with Crippen LogP contribution in [0.1, 0.15) is 45.0 Å². The molecule has 0 radical (unpaired) electrons. The molecule has 0 saturated carbocycles. The zero-order valence-electron chi connectivity index (χ0n) is 13.2. The van der Waals surface area contributed by atoms with Crippen LogP contribution in [0.4, 0.5) is 0 Å². The molecule has 0 aliphatic carbocycles. The van der Waals surface area contributed by atoms with Crippen molar-refractivity contribution in [3.8, 4) is 0 Å². The number of likely N-dealkylation sites (tertiary alicyclic amines) is 1. The summed E-state index contributed by atoms with van der Waals surface area (Å²) in [6, 6.07) is 6.42. The lowest BCUT2D eigenvalue weighted by molar-refractivity contribution is 0.183. The summed E-state index contributed by atoms with van der Waals surface area (Å²) < 4.78 is 0. The summed E-state index contributed by atoms with van der Waals surface area (Å²) in [7, 11) is 0. The van der Waals surface area contributed by atoms with Gasteiger partial charge >= 0.3 is 0 Å². The Balaban J connectivity index is 1.82. The molecule has 1 N–H and O–H groups in total. The van der Waals surface area contributed by atoms with Crippen molar-refractivity contribution in [1.29, 1.82) is 0 Å². The van der Waals surface area contributed by atoms with Crippen LogP contribution in [-0.4, -0.2) is 29.5 Å². The molecule has 0 bridgehead atoms. The molecular formula is C17H29N3. The van der Waals surface area contributed by atoms with Gasteiger partial charge in [0.2, 0.25) is 0 Å². The molecule has 0 aromatic carbocycles. The summed E-state index contributed by atoms with van der Waals surface area (Å²) in [5.74, 6) is 1.58. The first kappa shape index (κ1) is 15.5. The summed E-state index contributed by atoms with van der Waals surface area (Å²) in [4.78, 5) is 7.31. The summed E-state index contributed by atoms with van der Waals surface area (Å²) in [5.41, 5.74) is 2.37. The summed E-state index contributed by atoms with van der Waals surface area (Å²) in [5, 5.41) is 3.46. The van der Waals surface area contributed by atoms with Gasteiger partial charge in [-0.05, 0) is 56.4 Å². The van der Waals surface area contributed by atoms with Crippen molar-refractivity contribution in [2.45, 2.75) is 46.7 Å². The predicted molar refractivity (Wildman–Crippen MR) is 84.5 cm³/mol. The second-order valence-corrected chi connectivity index (χ2v) is 6.60. The quantitative estimate of drug-likeness (QED) is 0.865. The van der Waals surface area contributed by atoms with Crippen LogP contribution in [-0.2, 0) is 13.1 Å². The normalized spacial score (nSPS) is 17.8. The van der Waals surface area contributed by atoms with Crippen LogP contribution in [0, 0.1) is 11.8 Å².